The molecule has 0 bridgehead atoms. The maximum Gasteiger partial charge on any atom is 0.227 e. The second-order valence-electron chi connectivity index (χ2n) is 5.93. The Kier molecular flexibility index (Phi) is 4.89. The fraction of sp³-hybridized carbons (Fsp3) is 0.250. The van der Waals surface area contributed by atoms with E-state index < -0.39 is 0 Å². The van der Waals surface area contributed by atoms with Crippen molar-refractivity contribution in [2.45, 2.75) is 12.8 Å². The Hall–Kier alpha value is -2.39. The van der Waals surface area contributed by atoms with E-state index in [0.717, 1.165) is 42.0 Å². The third-order valence-electron chi connectivity index (χ3n) is 3.77. The highest BCUT2D eigenvalue weighted by atomic mass is 16.4. The van der Waals surface area contributed by atoms with Gasteiger partial charge in [0.15, 0.2) is 5.76 Å². The lowest BCUT2D eigenvalue weighted by molar-refractivity contribution is 0.399. The predicted molar refractivity (Wildman–Crippen MR) is 94.3 cm³/mol. The highest BCUT2D eigenvalue weighted by molar-refractivity contribution is 5.64. The molecule has 1 aromatic heterocycles. The Bertz CT molecular complexity index is 733. The summed E-state index contributed by atoms with van der Waals surface area (Å²) in [7, 11) is 4.19. The fourth-order valence-electron chi connectivity index (χ4n) is 2.60. The molecule has 1 heterocycles. The maximum atomic E-state index is 6.12. The Morgan fingerprint density at radius 2 is 1.48 bits per heavy atom. The van der Waals surface area contributed by atoms with Crippen LogP contribution in [-0.2, 0) is 6.42 Å². The van der Waals surface area contributed by atoms with Gasteiger partial charge in [-0.25, -0.2) is 4.98 Å². The molecular formula is C20H22N2O. The van der Waals surface area contributed by atoms with Gasteiger partial charge in [0, 0.05) is 11.1 Å². The molecule has 0 radical (unpaired) electrons. The molecule has 0 saturated carbocycles. The van der Waals surface area contributed by atoms with E-state index in [1.807, 2.05) is 48.5 Å². The molecule has 2 aromatic carbocycles. The van der Waals surface area contributed by atoms with Crippen molar-refractivity contribution in [3.05, 3.63) is 66.4 Å². The zero-order valence-electron chi connectivity index (χ0n) is 13.7. The van der Waals surface area contributed by atoms with Gasteiger partial charge >= 0.3 is 0 Å². The van der Waals surface area contributed by atoms with Crippen LogP contribution >= 0.6 is 0 Å². The minimum absolute atomic E-state index is 0.698. The van der Waals surface area contributed by atoms with Crippen LogP contribution in [0.3, 0.4) is 0 Å². The number of nitrogens with zero attached hydrogens (tertiary/aromatic N) is 2. The summed E-state index contributed by atoms with van der Waals surface area (Å²) in [4.78, 5) is 6.96. The van der Waals surface area contributed by atoms with Crippen molar-refractivity contribution in [3.8, 4) is 22.8 Å². The second kappa shape index (κ2) is 7.25. The van der Waals surface area contributed by atoms with Crippen LogP contribution in [0, 0.1) is 0 Å². The third kappa shape index (κ3) is 3.88. The molecule has 0 saturated heterocycles. The summed E-state index contributed by atoms with van der Waals surface area (Å²) in [6, 6.07) is 20.3. The molecule has 0 aliphatic heterocycles. The smallest absolute Gasteiger partial charge is 0.227 e. The van der Waals surface area contributed by atoms with Gasteiger partial charge in [-0.05, 0) is 45.6 Å². The van der Waals surface area contributed by atoms with Crippen LogP contribution in [0.2, 0.25) is 0 Å². The third-order valence-corrected chi connectivity index (χ3v) is 3.77. The first kappa shape index (κ1) is 15.5. The van der Waals surface area contributed by atoms with Crippen LogP contribution in [0.15, 0.2) is 65.1 Å². The summed E-state index contributed by atoms with van der Waals surface area (Å²) in [6.45, 7) is 1.04. The Morgan fingerprint density at radius 3 is 2.09 bits per heavy atom. The minimum atomic E-state index is 0.698. The van der Waals surface area contributed by atoms with Gasteiger partial charge in [-0.1, -0.05) is 48.5 Å². The summed E-state index contributed by atoms with van der Waals surface area (Å²) in [6.07, 6.45) is 1.98. The zero-order valence-corrected chi connectivity index (χ0v) is 13.7. The SMILES string of the molecule is CN(C)CCCc1nc(-c2ccccc2)oc1-c1ccccc1. The summed E-state index contributed by atoms with van der Waals surface area (Å²) >= 11 is 0. The first-order valence-electron chi connectivity index (χ1n) is 7.99. The van der Waals surface area contributed by atoms with Crippen LogP contribution in [0.4, 0.5) is 0 Å². The summed E-state index contributed by atoms with van der Waals surface area (Å²) in [5, 5.41) is 0. The number of hydrogen-bond acceptors (Lipinski definition) is 3. The standard InChI is InChI=1S/C20H22N2O/c1-22(2)15-9-14-18-19(16-10-5-3-6-11-16)23-20(21-18)17-12-7-4-8-13-17/h3-8,10-13H,9,14-15H2,1-2H3. The first-order valence-corrected chi connectivity index (χ1v) is 7.99. The molecular weight excluding hydrogens is 284 g/mol. The van der Waals surface area contributed by atoms with Crippen molar-refractivity contribution in [2.75, 3.05) is 20.6 Å². The molecule has 3 nitrogen and oxygen atoms in total. The van der Waals surface area contributed by atoms with Gasteiger partial charge in [0.25, 0.3) is 0 Å². The molecule has 118 valence electrons. The van der Waals surface area contributed by atoms with Crippen LogP contribution in [0.5, 0.6) is 0 Å². The van der Waals surface area contributed by atoms with Gasteiger partial charge in [0.1, 0.15) is 0 Å². The van der Waals surface area contributed by atoms with Gasteiger partial charge in [0.2, 0.25) is 5.89 Å². The van der Waals surface area contributed by atoms with E-state index in [0.29, 0.717) is 5.89 Å². The molecule has 0 unspecified atom stereocenters. The number of benzene rings is 2. The predicted octanol–water partition coefficient (Wildman–Crippen LogP) is 4.50. The molecule has 0 spiro atoms. The molecule has 0 fully saturated rings. The molecule has 0 amide bonds. The lowest BCUT2D eigenvalue weighted by atomic mass is 10.1. The molecule has 0 N–H and O–H groups in total. The highest BCUT2D eigenvalue weighted by Crippen LogP contribution is 2.30. The summed E-state index contributed by atoms with van der Waals surface area (Å²) < 4.78 is 6.12. The van der Waals surface area contributed by atoms with Crippen molar-refractivity contribution in [2.24, 2.45) is 0 Å². The van der Waals surface area contributed by atoms with E-state index in [9.17, 15) is 0 Å². The lowest BCUT2D eigenvalue weighted by Crippen LogP contribution is -2.13. The molecule has 3 heteroatoms. The van der Waals surface area contributed by atoms with Gasteiger partial charge < -0.3 is 9.32 Å². The van der Waals surface area contributed by atoms with Gasteiger partial charge in [-0.15, -0.1) is 0 Å². The molecule has 0 aliphatic rings. The van der Waals surface area contributed by atoms with E-state index in [4.69, 9.17) is 9.40 Å². The molecule has 3 rings (SSSR count). The maximum absolute atomic E-state index is 6.12. The van der Waals surface area contributed by atoms with E-state index in [2.05, 4.69) is 31.1 Å². The topological polar surface area (TPSA) is 29.3 Å². The lowest BCUT2D eigenvalue weighted by Gasteiger charge is -2.08. The average Bonchev–Trinajstić information content (AvgIpc) is 3.00. The summed E-state index contributed by atoms with van der Waals surface area (Å²) in [5.74, 6) is 1.59. The van der Waals surface area contributed by atoms with Crippen molar-refractivity contribution in [3.63, 3.8) is 0 Å². The molecule has 0 atom stereocenters. The number of aromatic nitrogens is 1. The largest absolute Gasteiger partial charge is 0.436 e. The van der Waals surface area contributed by atoms with Crippen molar-refractivity contribution in [1.82, 2.24) is 9.88 Å². The zero-order chi connectivity index (χ0) is 16.1. The van der Waals surface area contributed by atoms with Crippen LogP contribution in [0.1, 0.15) is 12.1 Å². The quantitative estimate of drug-likeness (QED) is 0.671. The highest BCUT2D eigenvalue weighted by Gasteiger charge is 2.15. The number of oxazole rings is 1. The van der Waals surface area contributed by atoms with Crippen molar-refractivity contribution >= 4 is 0 Å². The van der Waals surface area contributed by atoms with Crippen molar-refractivity contribution < 1.29 is 4.42 Å². The first-order chi connectivity index (χ1) is 11.2. The summed E-state index contributed by atoms with van der Waals surface area (Å²) in [5.41, 5.74) is 3.14. The molecule has 3 aromatic rings. The molecule has 0 aliphatic carbocycles. The molecule has 23 heavy (non-hydrogen) atoms. The van der Waals surface area contributed by atoms with E-state index in [1.165, 1.54) is 0 Å². The Labute approximate surface area is 137 Å². The average molecular weight is 306 g/mol. The van der Waals surface area contributed by atoms with Crippen LogP contribution in [-0.4, -0.2) is 30.5 Å². The number of rotatable bonds is 6. The Balaban J connectivity index is 1.93. The van der Waals surface area contributed by atoms with E-state index in [1.54, 1.807) is 0 Å². The van der Waals surface area contributed by atoms with Crippen molar-refractivity contribution in [1.29, 1.82) is 0 Å². The Morgan fingerprint density at radius 1 is 0.870 bits per heavy atom. The fourth-order valence-corrected chi connectivity index (χ4v) is 2.60. The number of aryl methyl sites for hydroxylation is 1. The normalized spacial score (nSPS) is 11.1. The van der Waals surface area contributed by atoms with Crippen LogP contribution < -0.4 is 0 Å². The minimum Gasteiger partial charge on any atom is -0.436 e. The van der Waals surface area contributed by atoms with Gasteiger partial charge in [-0.2, -0.15) is 0 Å². The van der Waals surface area contributed by atoms with Gasteiger partial charge in [-0.3, -0.25) is 0 Å². The second-order valence-corrected chi connectivity index (χ2v) is 5.93. The van der Waals surface area contributed by atoms with E-state index in [-0.39, 0.29) is 0 Å². The monoisotopic (exact) mass is 306 g/mol. The van der Waals surface area contributed by atoms with E-state index >= 15 is 0 Å². The number of hydrogen-bond donors (Lipinski definition) is 0. The van der Waals surface area contributed by atoms with Gasteiger partial charge in [0.05, 0.1) is 5.69 Å². The van der Waals surface area contributed by atoms with Crippen LogP contribution in [0.25, 0.3) is 22.8 Å².